The van der Waals surface area contributed by atoms with Crippen molar-refractivity contribution in [1.29, 1.82) is 0 Å². The molecule has 0 radical (unpaired) electrons. The number of nitrogens with one attached hydrogen (secondary N) is 1. The fraction of sp³-hybridized carbons (Fsp3) is 0.714. The van der Waals surface area contributed by atoms with E-state index in [1.54, 1.807) is 19.6 Å². The summed E-state index contributed by atoms with van der Waals surface area (Å²) < 4.78 is 7.01. The van der Waals surface area contributed by atoms with Crippen molar-refractivity contribution in [1.82, 2.24) is 14.9 Å². The molecule has 2 unspecified atom stereocenters. The van der Waals surface area contributed by atoms with Crippen molar-refractivity contribution in [3.8, 4) is 0 Å². The third kappa shape index (κ3) is 5.71. The Morgan fingerprint density at radius 3 is 2.85 bits per heavy atom. The molecular formula is C14H25N3O3. The summed E-state index contributed by atoms with van der Waals surface area (Å²) in [5.41, 5.74) is 0. The van der Waals surface area contributed by atoms with Gasteiger partial charge in [-0.2, -0.15) is 0 Å². The molecule has 0 bridgehead atoms. The van der Waals surface area contributed by atoms with Crippen LogP contribution < -0.4 is 5.32 Å². The minimum atomic E-state index is -0.137. The number of hydrogen-bond donors (Lipinski definition) is 2. The zero-order valence-corrected chi connectivity index (χ0v) is 12.3. The van der Waals surface area contributed by atoms with Crippen LogP contribution in [0.3, 0.4) is 0 Å². The smallest absolute Gasteiger partial charge is 0.222 e. The second-order valence-electron chi connectivity index (χ2n) is 4.89. The molecule has 6 nitrogen and oxygen atoms in total. The van der Waals surface area contributed by atoms with Gasteiger partial charge in [-0.1, -0.05) is 13.3 Å². The van der Waals surface area contributed by atoms with Crippen LogP contribution in [0.4, 0.5) is 0 Å². The molecule has 1 aromatic rings. The van der Waals surface area contributed by atoms with E-state index in [2.05, 4.69) is 17.2 Å². The van der Waals surface area contributed by atoms with Crippen molar-refractivity contribution in [2.75, 3.05) is 20.3 Å². The summed E-state index contributed by atoms with van der Waals surface area (Å²) in [6.07, 6.45) is 8.20. The predicted molar refractivity (Wildman–Crippen MR) is 76.3 cm³/mol. The van der Waals surface area contributed by atoms with Crippen LogP contribution in [-0.4, -0.2) is 46.9 Å². The second-order valence-corrected chi connectivity index (χ2v) is 4.89. The molecule has 0 aliphatic rings. The fourth-order valence-corrected chi connectivity index (χ4v) is 2.23. The Balaban J connectivity index is 2.52. The first-order chi connectivity index (χ1) is 9.71. The van der Waals surface area contributed by atoms with Gasteiger partial charge in [-0.25, -0.2) is 4.98 Å². The third-order valence-corrected chi connectivity index (χ3v) is 3.20. The molecule has 0 fully saturated rings. The van der Waals surface area contributed by atoms with Crippen LogP contribution >= 0.6 is 0 Å². The summed E-state index contributed by atoms with van der Waals surface area (Å²) in [5, 5.41) is 11.9. The molecule has 6 heteroatoms. The zero-order valence-electron chi connectivity index (χ0n) is 12.3. The van der Waals surface area contributed by atoms with Crippen molar-refractivity contribution in [3.05, 3.63) is 18.7 Å². The van der Waals surface area contributed by atoms with Crippen molar-refractivity contribution >= 4 is 5.91 Å². The van der Waals surface area contributed by atoms with Crippen LogP contribution in [0.25, 0.3) is 0 Å². The summed E-state index contributed by atoms with van der Waals surface area (Å²) >= 11 is 0. The summed E-state index contributed by atoms with van der Waals surface area (Å²) in [6, 6.07) is -0.0117. The van der Waals surface area contributed by atoms with E-state index < -0.39 is 0 Å². The number of nitrogens with zero attached hydrogens (tertiary/aromatic N) is 2. The van der Waals surface area contributed by atoms with Crippen LogP contribution in [0.15, 0.2) is 18.7 Å². The van der Waals surface area contributed by atoms with Gasteiger partial charge in [0.05, 0.1) is 19.0 Å². The van der Waals surface area contributed by atoms with Gasteiger partial charge >= 0.3 is 0 Å². The largest absolute Gasteiger partial charge is 0.396 e. The van der Waals surface area contributed by atoms with E-state index in [0.717, 1.165) is 12.8 Å². The molecule has 0 spiro atoms. The Bertz CT molecular complexity index is 362. The Morgan fingerprint density at radius 2 is 2.30 bits per heavy atom. The van der Waals surface area contributed by atoms with Gasteiger partial charge in [0.25, 0.3) is 0 Å². The molecule has 20 heavy (non-hydrogen) atoms. The van der Waals surface area contributed by atoms with E-state index in [1.807, 2.05) is 10.8 Å². The minimum Gasteiger partial charge on any atom is -0.396 e. The minimum absolute atomic E-state index is 0.0207. The van der Waals surface area contributed by atoms with E-state index >= 15 is 0 Å². The highest BCUT2D eigenvalue weighted by molar-refractivity contribution is 5.76. The lowest BCUT2D eigenvalue weighted by Gasteiger charge is -2.21. The average molecular weight is 283 g/mol. The van der Waals surface area contributed by atoms with Crippen LogP contribution in [0.2, 0.25) is 0 Å². The van der Waals surface area contributed by atoms with Gasteiger partial charge in [0, 0.05) is 38.6 Å². The lowest BCUT2D eigenvalue weighted by Crippen LogP contribution is -2.39. The van der Waals surface area contributed by atoms with Crippen molar-refractivity contribution in [3.63, 3.8) is 0 Å². The molecular weight excluding hydrogens is 258 g/mol. The molecule has 114 valence electrons. The van der Waals surface area contributed by atoms with Gasteiger partial charge in [0.1, 0.15) is 0 Å². The molecule has 0 saturated carbocycles. The number of amides is 1. The number of aromatic nitrogens is 2. The Labute approximate surface area is 120 Å². The van der Waals surface area contributed by atoms with Gasteiger partial charge in [0.15, 0.2) is 0 Å². The van der Waals surface area contributed by atoms with E-state index in [0.29, 0.717) is 19.4 Å². The number of aliphatic hydroxyl groups is 1. The summed E-state index contributed by atoms with van der Waals surface area (Å²) in [5.74, 6) is -0.0207. The normalized spacial score (nSPS) is 13.9. The van der Waals surface area contributed by atoms with E-state index in [4.69, 9.17) is 9.84 Å². The molecule has 1 amide bonds. The maximum atomic E-state index is 12.1. The predicted octanol–water partition coefficient (Wildman–Crippen LogP) is 1.13. The van der Waals surface area contributed by atoms with Gasteiger partial charge in [-0.05, 0) is 12.8 Å². The highest BCUT2D eigenvalue weighted by Crippen LogP contribution is 2.17. The molecule has 2 N–H and O–H groups in total. The molecule has 0 saturated heterocycles. The molecule has 2 atom stereocenters. The number of methoxy groups -OCH3 is 1. The first kappa shape index (κ1) is 16.7. The first-order valence-corrected chi connectivity index (χ1v) is 7.07. The second kappa shape index (κ2) is 9.50. The summed E-state index contributed by atoms with van der Waals surface area (Å²) in [7, 11) is 1.59. The number of aliphatic hydroxyl groups excluding tert-OH is 1. The van der Waals surface area contributed by atoms with E-state index in [-0.39, 0.29) is 24.6 Å². The van der Waals surface area contributed by atoms with Crippen LogP contribution in [0, 0.1) is 0 Å². The number of carbonyl (C=O) groups excluding carboxylic acids is 1. The van der Waals surface area contributed by atoms with Crippen molar-refractivity contribution in [2.45, 2.75) is 44.7 Å². The number of imidazole rings is 1. The highest BCUT2D eigenvalue weighted by atomic mass is 16.5. The average Bonchev–Trinajstić information content (AvgIpc) is 2.92. The SMILES string of the molecule is CCCC(CC(=O)NC(CCO)COC)n1ccnc1. The van der Waals surface area contributed by atoms with Crippen molar-refractivity contribution < 1.29 is 14.6 Å². The topological polar surface area (TPSA) is 76.4 Å². The number of hydrogen-bond acceptors (Lipinski definition) is 4. The Morgan fingerprint density at radius 1 is 1.50 bits per heavy atom. The zero-order chi connectivity index (χ0) is 14.8. The molecule has 0 aliphatic heterocycles. The molecule has 1 aromatic heterocycles. The Kier molecular flexibility index (Phi) is 7.91. The van der Waals surface area contributed by atoms with Crippen LogP contribution in [-0.2, 0) is 9.53 Å². The molecule has 1 heterocycles. The van der Waals surface area contributed by atoms with Crippen molar-refractivity contribution in [2.24, 2.45) is 0 Å². The highest BCUT2D eigenvalue weighted by Gasteiger charge is 2.17. The van der Waals surface area contributed by atoms with E-state index in [1.165, 1.54) is 0 Å². The standard InChI is InChI=1S/C14H25N3O3/c1-3-4-13(17-7-6-15-11-17)9-14(19)16-12(5-8-18)10-20-2/h6-7,11-13,18H,3-5,8-10H2,1-2H3,(H,16,19). The molecule has 0 aromatic carbocycles. The lowest BCUT2D eigenvalue weighted by molar-refractivity contribution is -0.123. The quantitative estimate of drug-likeness (QED) is 0.675. The molecule has 1 rings (SSSR count). The third-order valence-electron chi connectivity index (χ3n) is 3.20. The van der Waals surface area contributed by atoms with Crippen LogP contribution in [0.1, 0.15) is 38.6 Å². The van der Waals surface area contributed by atoms with Gasteiger partial charge in [0.2, 0.25) is 5.91 Å². The van der Waals surface area contributed by atoms with E-state index in [9.17, 15) is 4.79 Å². The summed E-state index contributed by atoms with van der Waals surface area (Å²) in [6.45, 7) is 2.55. The van der Waals surface area contributed by atoms with Crippen LogP contribution in [0.5, 0.6) is 0 Å². The van der Waals surface area contributed by atoms with Gasteiger partial charge in [-0.15, -0.1) is 0 Å². The fourth-order valence-electron chi connectivity index (χ4n) is 2.23. The van der Waals surface area contributed by atoms with Gasteiger partial charge in [-0.3, -0.25) is 4.79 Å². The molecule has 0 aliphatic carbocycles. The number of ether oxygens (including phenoxy) is 1. The number of carbonyl (C=O) groups is 1. The first-order valence-electron chi connectivity index (χ1n) is 7.07. The monoisotopic (exact) mass is 283 g/mol. The summed E-state index contributed by atoms with van der Waals surface area (Å²) in [4.78, 5) is 16.1. The number of rotatable bonds is 10. The van der Waals surface area contributed by atoms with Gasteiger partial charge < -0.3 is 19.7 Å². The lowest BCUT2D eigenvalue weighted by atomic mass is 10.1. The Hall–Kier alpha value is -1.40. The maximum absolute atomic E-state index is 12.1. The maximum Gasteiger partial charge on any atom is 0.222 e.